The lowest BCUT2D eigenvalue weighted by Crippen LogP contribution is -2.34. The summed E-state index contributed by atoms with van der Waals surface area (Å²) in [5.41, 5.74) is 3.66. The summed E-state index contributed by atoms with van der Waals surface area (Å²) in [4.78, 5) is 10.8. The van der Waals surface area contributed by atoms with Crippen LogP contribution in [0.15, 0.2) is 48.5 Å². The summed E-state index contributed by atoms with van der Waals surface area (Å²) in [5.74, 6) is -0.921. The predicted octanol–water partition coefficient (Wildman–Crippen LogP) is 2.86. The molecule has 2 aromatic rings. The van der Waals surface area contributed by atoms with Gasteiger partial charge in [0.25, 0.3) is 0 Å². The molecule has 0 saturated carbocycles. The van der Waals surface area contributed by atoms with E-state index in [9.17, 15) is 4.79 Å². The van der Waals surface area contributed by atoms with Crippen LogP contribution in [-0.2, 0) is 13.1 Å². The summed E-state index contributed by atoms with van der Waals surface area (Å²) in [6.45, 7) is 3.28. The van der Waals surface area contributed by atoms with E-state index in [1.54, 1.807) is 24.3 Å². The van der Waals surface area contributed by atoms with Crippen molar-refractivity contribution in [2.24, 2.45) is 0 Å². The fourth-order valence-corrected chi connectivity index (χ4v) is 2.04. The van der Waals surface area contributed by atoms with Crippen molar-refractivity contribution in [2.45, 2.75) is 20.0 Å². The van der Waals surface area contributed by atoms with Gasteiger partial charge in [0.1, 0.15) is 0 Å². The van der Waals surface area contributed by atoms with E-state index in [4.69, 9.17) is 17.3 Å². The highest BCUT2D eigenvalue weighted by atomic mass is 32.1. The molecule has 4 nitrogen and oxygen atoms in total. The highest BCUT2D eigenvalue weighted by molar-refractivity contribution is 7.80. The van der Waals surface area contributed by atoms with Crippen molar-refractivity contribution < 1.29 is 9.90 Å². The summed E-state index contributed by atoms with van der Waals surface area (Å²) in [5, 5.41) is 15.7. The van der Waals surface area contributed by atoms with Gasteiger partial charge in [0.05, 0.1) is 5.56 Å². The number of carboxylic acids is 1. The number of carboxylic acid groups (broad SMARTS) is 1. The number of hydrogen-bond donors (Lipinski definition) is 3. The van der Waals surface area contributed by atoms with Crippen molar-refractivity contribution in [3.8, 4) is 0 Å². The topological polar surface area (TPSA) is 61.4 Å². The zero-order valence-corrected chi connectivity index (χ0v) is 13.1. The lowest BCUT2D eigenvalue weighted by molar-refractivity contribution is 0.0697. The van der Waals surface area contributed by atoms with E-state index >= 15 is 0 Å². The maximum Gasteiger partial charge on any atom is 0.335 e. The number of aromatic carboxylic acids is 1. The molecule has 0 bridgehead atoms. The zero-order valence-electron chi connectivity index (χ0n) is 12.3. The van der Waals surface area contributed by atoms with Crippen molar-refractivity contribution in [1.29, 1.82) is 0 Å². The quantitative estimate of drug-likeness (QED) is 0.741. The Morgan fingerprint density at radius 2 is 1.41 bits per heavy atom. The number of hydrogen-bond acceptors (Lipinski definition) is 2. The van der Waals surface area contributed by atoms with Gasteiger partial charge < -0.3 is 15.7 Å². The van der Waals surface area contributed by atoms with Crippen molar-refractivity contribution in [1.82, 2.24) is 10.6 Å². The van der Waals surface area contributed by atoms with E-state index < -0.39 is 5.97 Å². The van der Waals surface area contributed by atoms with Crippen LogP contribution in [-0.4, -0.2) is 16.2 Å². The minimum Gasteiger partial charge on any atom is -0.478 e. The first-order chi connectivity index (χ1) is 10.5. The fourth-order valence-electron chi connectivity index (χ4n) is 1.90. The number of benzene rings is 2. The standard InChI is InChI=1S/C17H18N2O2S/c1-12-2-4-13(5-3-12)10-18-17(22)19-11-14-6-8-15(9-7-14)16(20)21/h2-9H,10-11H2,1H3,(H,20,21)(H2,18,19,22). The third-order valence-electron chi connectivity index (χ3n) is 3.23. The highest BCUT2D eigenvalue weighted by Gasteiger charge is 2.02. The third kappa shape index (κ3) is 4.86. The summed E-state index contributed by atoms with van der Waals surface area (Å²) in [6, 6.07) is 15.0. The second-order valence-electron chi connectivity index (χ2n) is 5.02. The molecular formula is C17H18N2O2S. The van der Waals surface area contributed by atoms with Gasteiger partial charge in [-0.25, -0.2) is 4.79 Å². The molecule has 2 aromatic carbocycles. The molecule has 0 heterocycles. The Balaban J connectivity index is 1.77. The van der Waals surface area contributed by atoms with Gasteiger partial charge in [-0.1, -0.05) is 42.0 Å². The average Bonchev–Trinajstić information content (AvgIpc) is 2.52. The Labute approximate surface area is 135 Å². The molecule has 0 aliphatic rings. The first-order valence-corrected chi connectivity index (χ1v) is 7.35. The van der Waals surface area contributed by atoms with Crippen molar-refractivity contribution in [2.75, 3.05) is 0 Å². The van der Waals surface area contributed by atoms with Gasteiger partial charge in [0.2, 0.25) is 0 Å². The number of thiocarbonyl (C=S) groups is 1. The van der Waals surface area contributed by atoms with E-state index in [0.29, 0.717) is 18.2 Å². The molecule has 0 fully saturated rings. The molecule has 0 radical (unpaired) electrons. The number of aryl methyl sites for hydroxylation is 1. The molecule has 0 spiro atoms. The monoisotopic (exact) mass is 314 g/mol. The van der Waals surface area contributed by atoms with Gasteiger partial charge in [-0.15, -0.1) is 0 Å². The van der Waals surface area contributed by atoms with Crippen molar-refractivity contribution in [3.63, 3.8) is 0 Å². The maximum absolute atomic E-state index is 10.8. The molecule has 114 valence electrons. The van der Waals surface area contributed by atoms with Gasteiger partial charge in [0.15, 0.2) is 5.11 Å². The molecule has 0 aliphatic carbocycles. The van der Waals surface area contributed by atoms with Crippen LogP contribution in [0.25, 0.3) is 0 Å². The molecule has 0 saturated heterocycles. The predicted molar refractivity (Wildman–Crippen MR) is 90.9 cm³/mol. The van der Waals surface area contributed by atoms with Crippen LogP contribution in [0.5, 0.6) is 0 Å². The Bertz CT molecular complexity index is 651. The van der Waals surface area contributed by atoms with Gasteiger partial charge in [0, 0.05) is 13.1 Å². The molecule has 22 heavy (non-hydrogen) atoms. The second-order valence-corrected chi connectivity index (χ2v) is 5.43. The number of nitrogens with one attached hydrogen (secondary N) is 2. The summed E-state index contributed by atoms with van der Waals surface area (Å²) in [7, 11) is 0. The number of rotatable bonds is 5. The second kappa shape index (κ2) is 7.56. The normalized spacial score (nSPS) is 10.0. The maximum atomic E-state index is 10.8. The summed E-state index contributed by atoms with van der Waals surface area (Å²) < 4.78 is 0. The lowest BCUT2D eigenvalue weighted by Gasteiger charge is -2.11. The Hall–Kier alpha value is -2.40. The van der Waals surface area contributed by atoms with E-state index in [-0.39, 0.29) is 5.56 Å². The van der Waals surface area contributed by atoms with Crippen molar-refractivity contribution >= 4 is 23.3 Å². The number of carbonyl (C=O) groups is 1. The van der Waals surface area contributed by atoms with Gasteiger partial charge in [-0.3, -0.25) is 0 Å². The summed E-state index contributed by atoms with van der Waals surface area (Å²) >= 11 is 5.23. The van der Waals surface area contributed by atoms with E-state index in [2.05, 4.69) is 41.8 Å². The molecule has 0 atom stereocenters. The molecular weight excluding hydrogens is 296 g/mol. The average molecular weight is 314 g/mol. The Morgan fingerprint density at radius 3 is 1.86 bits per heavy atom. The first-order valence-electron chi connectivity index (χ1n) is 6.94. The lowest BCUT2D eigenvalue weighted by atomic mass is 10.1. The molecule has 2 rings (SSSR count). The van der Waals surface area contributed by atoms with Crippen LogP contribution >= 0.6 is 12.2 Å². The molecule has 0 aliphatic heterocycles. The highest BCUT2D eigenvalue weighted by Crippen LogP contribution is 2.04. The smallest absolute Gasteiger partial charge is 0.335 e. The van der Waals surface area contributed by atoms with Crippen LogP contribution in [0.3, 0.4) is 0 Å². The first kappa shape index (κ1) is 16.0. The minimum absolute atomic E-state index is 0.281. The summed E-state index contributed by atoms with van der Waals surface area (Å²) in [6.07, 6.45) is 0. The van der Waals surface area contributed by atoms with Crippen LogP contribution < -0.4 is 10.6 Å². The largest absolute Gasteiger partial charge is 0.478 e. The SMILES string of the molecule is Cc1ccc(CNC(=S)NCc2ccc(C(=O)O)cc2)cc1. The minimum atomic E-state index is -0.921. The molecule has 0 unspecified atom stereocenters. The molecule has 3 N–H and O–H groups in total. The van der Waals surface area contributed by atoms with Gasteiger partial charge in [-0.05, 0) is 42.4 Å². The van der Waals surface area contributed by atoms with Crippen molar-refractivity contribution in [3.05, 3.63) is 70.8 Å². The molecule has 5 heteroatoms. The fraction of sp³-hybridized carbons (Fsp3) is 0.176. The van der Waals surface area contributed by atoms with E-state index in [0.717, 1.165) is 5.56 Å². The van der Waals surface area contributed by atoms with Gasteiger partial charge in [-0.2, -0.15) is 0 Å². The third-order valence-corrected chi connectivity index (χ3v) is 3.52. The van der Waals surface area contributed by atoms with Crippen LogP contribution in [0.1, 0.15) is 27.0 Å². The van der Waals surface area contributed by atoms with Gasteiger partial charge >= 0.3 is 5.97 Å². The Kier molecular flexibility index (Phi) is 5.49. The Morgan fingerprint density at radius 1 is 0.955 bits per heavy atom. The van der Waals surface area contributed by atoms with E-state index in [1.807, 2.05) is 0 Å². The van der Waals surface area contributed by atoms with Crippen LogP contribution in [0, 0.1) is 6.92 Å². The van der Waals surface area contributed by atoms with E-state index in [1.165, 1.54) is 11.1 Å². The zero-order chi connectivity index (χ0) is 15.9. The molecule has 0 aromatic heterocycles. The van der Waals surface area contributed by atoms with Crippen LogP contribution in [0.2, 0.25) is 0 Å². The van der Waals surface area contributed by atoms with Crippen LogP contribution in [0.4, 0.5) is 0 Å². The molecule has 0 amide bonds.